The van der Waals surface area contributed by atoms with E-state index < -0.39 is 20.1 Å². The first-order valence-corrected chi connectivity index (χ1v) is 15.8. The molecule has 24 heavy (non-hydrogen) atoms. The number of hydrogen-bond donors (Lipinski definition) is 1. The maximum absolute atomic E-state index is 6.70. The van der Waals surface area contributed by atoms with E-state index in [9.17, 15) is 0 Å². The molecule has 0 bridgehead atoms. The molecule has 3 heteroatoms. The zero-order valence-electron chi connectivity index (χ0n) is 17.6. The van der Waals surface area contributed by atoms with Crippen LogP contribution in [0.3, 0.4) is 0 Å². The molecule has 0 aliphatic heterocycles. The standard InChI is InChI=1S/C21H46INO/c1-7-10-12-13-15-17-20(16-14-11-8-2)24-21(4,9-3)18-19-23-22(5)6/h20,23H,7-19H2,1-6H3. The number of halogens is 1. The van der Waals surface area contributed by atoms with Crippen LogP contribution in [-0.2, 0) is 4.74 Å². The summed E-state index contributed by atoms with van der Waals surface area (Å²) in [6, 6.07) is 0. The first-order chi connectivity index (χ1) is 11.5. The van der Waals surface area contributed by atoms with Crippen LogP contribution >= 0.6 is 20.1 Å². The molecule has 0 heterocycles. The van der Waals surface area contributed by atoms with Gasteiger partial charge in [-0.2, -0.15) is 0 Å². The molecule has 0 aromatic heterocycles. The Bertz CT molecular complexity index is 273. The molecule has 2 unspecified atom stereocenters. The summed E-state index contributed by atoms with van der Waals surface area (Å²) in [5, 5.41) is 0. The van der Waals surface area contributed by atoms with Gasteiger partial charge in [0.25, 0.3) is 0 Å². The summed E-state index contributed by atoms with van der Waals surface area (Å²) in [6.45, 7) is 10.3. The molecule has 0 saturated heterocycles. The van der Waals surface area contributed by atoms with Crippen molar-refractivity contribution in [3.63, 3.8) is 0 Å². The van der Waals surface area contributed by atoms with E-state index in [1.54, 1.807) is 0 Å². The van der Waals surface area contributed by atoms with E-state index in [4.69, 9.17) is 4.74 Å². The van der Waals surface area contributed by atoms with Gasteiger partial charge in [-0.05, 0) is 0 Å². The zero-order chi connectivity index (χ0) is 18.3. The molecule has 0 saturated carbocycles. The van der Waals surface area contributed by atoms with Gasteiger partial charge in [0, 0.05) is 0 Å². The van der Waals surface area contributed by atoms with Gasteiger partial charge in [0.1, 0.15) is 0 Å². The Morgan fingerprint density at radius 3 is 1.96 bits per heavy atom. The van der Waals surface area contributed by atoms with E-state index in [0.29, 0.717) is 6.10 Å². The fourth-order valence-electron chi connectivity index (χ4n) is 3.08. The molecular weight excluding hydrogens is 409 g/mol. The van der Waals surface area contributed by atoms with Crippen LogP contribution in [0.1, 0.15) is 105 Å². The Kier molecular flexibility index (Phi) is 16.3. The Morgan fingerprint density at radius 2 is 1.42 bits per heavy atom. The monoisotopic (exact) mass is 455 g/mol. The molecule has 1 N–H and O–H groups in total. The van der Waals surface area contributed by atoms with Gasteiger partial charge < -0.3 is 0 Å². The van der Waals surface area contributed by atoms with Crippen LogP contribution in [-0.4, -0.2) is 28.1 Å². The average Bonchev–Trinajstić information content (AvgIpc) is 2.54. The van der Waals surface area contributed by atoms with Gasteiger partial charge in [0.05, 0.1) is 0 Å². The van der Waals surface area contributed by atoms with Gasteiger partial charge in [-0.25, -0.2) is 0 Å². The summed E-state index contributed by atoms with van der Waals surface area (Å²) in [4.78, 5) is 4.75. The van der Waals surface area contributed by atoms with Crippen molar-refractivity contribution in [1.29, 1.82) is 0 Å². The predicted octanol–water partition coefficient (Wildman–Crippen LogP) is 7.14. The number of rotatable bonds is 17. The molecular formula is C21H46INO. The summed E-state index contributed by atoms with van der Waals surface area (Å²) in [5.74, 6) is 0. The summed E-state index contributed by atoms with van der Waals surface area (Å²) in [6.07, 6.45) is 16.1. The van der Waals surface area contributed by atoms with Crippen molar-refractivity contribution in [3.05, 3.63) is 0 Å². The molecule has 0 amide bonds. The van der Waals surface area contributed by atoms with Crippen LogP contribution in [0.4, 0.5) is 0 Å². The van der Waals surface area contributed by atoms with Crippen LogP contribution in [0.2, 0.25) is 0 Å². The van der Waals surface area contributed by atoms with Gasteiger partial charge in [-0.3, -0.25) is 0 Å². The van der Waals surface area contributed by atoms with Crippen molar-refractivity contribution in [1.82, 2.24) is 3.53 Å². The van der Waals surface area contributed by atoms with Crippen molar-refractivity contribution >= 4 is 20.1 Å². The number of nitrogens with one attached hydrogen (secondary N) is 1. The van der Waals surface area contributed by atoms with Crippen molar-refractivity contribution in [2.24, 2.45) is 0 Å². The third-order valence-corrected chi connectivity index (χ3v) is 7.04. The van der Waals surface area contributed by atoms with Gasteiger partial charge in [-0.1, -0.05) is 6.92 Å². The Balaban J connectivity index is 4.37. The zero-order valence-corrected chi connectivity index (χ0v) is 19.7. The molecule has 0 aromatic rings. The van der Waals surface area contributed by atoms with Gasteiger partial charge in [-0.15, -0.1) is 0 Å². The second-order valence-electron chi connectivity index (χ2n) is 7.63. The van der Waals surface area contributed by atoms with E-state index >= 15 is 0 Å². The quantitative estimate of drug-likeness (QED) is 0.109. The maximum atomic E-state index is 6.70. The summed E-state index contributed by atoms with van der Waals surface area (Å²) < 4.78 is 10.4. The van der Waals surface area contributed by atoms with Crippen LogP contribution in [0.25, 0.3) is 0 Å². The molecule has 0 fully saturated rings. The first-order valence-electron chi connectivity index (χ1n) is 10.4. The van der Waals surface area contributed by atoms with Crippen molar-refractivity contribution in [3.8, 4) is 0 Å². The molecule has 0 rings (SSSR count). The molecule has 2 nitrogen and oxygen atoms in total. The predicted molar refractivity (Wildman–Crippen MR) is 120 cm³/mol. The third kappa shape index (κ3) is 13.9. The Labute approximate surface area is 161 Å². The van der Waals surface area contributed by atoms with Crippen molar-refractivity contribution in [2.45, 2.75) is 116 Å². The number of ether oxygens (including phenoxy) is 1. The summed E-state index contributed by atoms with van der Waals surface area (Å²) in [5.41, 5.74) is 0.0550. The molecule has 0 aliphatic carbocycles. The number of hydrogen-bond acceptors (Lipinski definition) is 2. The van der Waals surface area contributed by atoms with E-state index in [1.807, 2.05) is 0 Å². The SMILES string of the molecule is CCCCCCCC(CCCCC)OC(C)(CC)CCNI(C)C. The minimum atomic E-state index is -0.822. The fourth-order valence-corrected chi connectivity index (χ4v) is 4.43. The topological polar surface area (TPSA) is 21.3 Å². The third-order valence-electron chi connectivity index (χ3n) is 4.97. The van der Waals surface area contributed by atoms with Gasteiger partial charge in [0.2, 0.25) is 0 Å². The van der Waals surface area contributed by atoms with Crippen LogP contribution in [0, 0.1) is 0 Å². The van der Waals surface area contributed by atoms with E-state index in [0.717, 1.165) is 19.4 Å². The Morgan fingerprint density at radius 1 is 0.875 bits per heavy atom. The molecule has 0 radical (unpaired) electrons. The first kappa shape index (κ1) is 24.7. The van der Waals surface area contributed by atoms with Crippen molar-refractivity contribution < 1.29 is 4.74 Å². The molecule has 0 spiro atoms. The fraction of sp³-hybridized carbons (Fsp3) is 1.00. The van der Waals surface area contributed by atoms with E-state index in [1.165, 1.54) is 64.2 Å². The van der Waals surface area contributed by atoms with Crippen LogP contribution < -0.4 is 3.53 Å². The van der Waals surface area contributed by atoms with Gasteiger partial charge >= 0.3 is 154 Å². The molecule has 0 aliphatic rings. The Hall–Kier alpha value is 0.650. The average molecular weight is 456 g/mol. The molecule has 148 valence electrons. The second kappa shape index (κ2) is 15.9. The van der Waals surface area contributed by atoms with Crippen molar-refractivity contribution in [2.75, 3.05) is 16.4 Å². The number of alkyl halides is 2. The molecule has 0 aromatic carbocycles. The minimum absolute atomic E-state index is 0.0550. The summed E-state index contributed by atoms with van der Waals surface area (Å²) in [7, 11) is 0. The van der Waals surface area contributed by atoms with Crippen LogP contribution in [0.15, 0.2) is 0 Å². The second-order valence-corrected chi connectivity index (χ2v) is 12.7. The summed E-state index contributed by atoms with van der Waals surface area (Å²) >= 11 is -0.822. The van der Waals surface area contributed by atoms with Gasteiger partial charge in [0.15, 0.2) is 0 Å². The molecule has 2 atom stereocenters. The normalized spacial score (nSPS) is 16.0. The van der Waals surface area contributed by atoms with E-state index in [2.05, 4.69) is 41.1 Å². The number of unbranched alkanes of at least 4 members (excludes halogenated alkanes) is 6. The van der Waals surface area contributed by atoms with Crippen LogP contribution in [0.5, 0.6) is 0 Å². The van der Waals surface area contributed by atoms with E-state index in [-0.39, 0.29) is 5.60 Å².